The van der Waals surface area contributed by atoms with Crippen LogP contribution in [0.3, 0.4) is 0 Å². The van der Waals surface area contributed by atoms with Gasteiger partial charge in [0.15, 0.2) is 0 Å². The van der Waals surface area contributed by atoms with Gasteiger partial charge < -0.3 is 10.8 Å². The van der Waals surface area contributed by atoms with Crippen molar-refractivity contribution in [1.29, 1.82) is 5.41 Å². The molecule has 0 spiro atoms. The SMILES string of the molecule is N=C(N)[C@@H]1CCN1C(=O)O. The summed E-state index contributed by atoms with van der Waals surface area (Å²) in [6, 6.07) is -0.363. The predicted octanol–water partition coefficient (Wildman–Crippen LogP) is -0.325. The van der Waals surface area contributed by atoms with Crippen LogP contribution < -0.4 is 5.73 Å². The lowest BCUT2D eigenvalue weighted by Crippen LogP contribution is -2.56. The first-order valence-corrected chi connectivity index (χ1v) is 2.96. The van der Waals surface area contributed by atoms with Crippen LogP contribution >= 0.6 is 0 Å². The van der Waals surface area contributed by atoms with Gasteiger partial charge in [-0.3, -0.25) is 10.3 Å². The maximum atomic E-state index is 10.3. The van der Waals surface area contributed by atoms with Crippen molar-refractivity contribution >= 4 is 11.9 Å². The van der Waals surface area contributed by atoms with Crippen molar-refractivity contribution in [1.82, 2.24) is 4.90 Å². The van der Waals surface area contributed by atoms with E-state index in [4.69, 9.17) is 16.2 Å². The summed E-state index contributed by atoms with van der Waals surface area (Å²) in [6.07, 6.45) is -0.312. The summed E-state index contributed by atoms with van der Waals surface area (Å²) in [4.78, 5) is 11.4. The van der Waals surface area contributed by atoms with E-state index in [1.165, 1.54) is 0 Å². The van der Waals surface area contributed by atoms with E-state index >= 15 is 0 Å². The number of nitrogens with zero attached hydrogens (tertiary/aromatic N) is 1. The maximum Gasteiger partial charge on any atom is 0.407 e. The van der Waals surface area contributed by atoms with Crippen LogP contribution in [0.25, 0.3) is 0 Å². The molecule has 1 atom stereocenters. The average Bonchev–Trinajstić information content (AvgIpc) is 1.56. The Morgan fingerprint density at radius 1 is 1.80 bits per heavy atom. The number of rotatable bonds is 1. The zero-order valence-corrected chi connectivity index (χ0v) is 5.37. The number of carboxylic acid groups (broad SMARTS) is 1. The second-order valence-electron chi connectivity index (χ2n) is 2.24. The summed E-state index contributed by atoms with van der Waals surface area (Å²) >= 11 is 0. The Morgan fingerprint density at radius 3 is 2.50 bits per heavy atom. The fourth-order valence-corrected chi connectivity index (χ4v) is 0.940. The third kappa shape index (κ3) is 0.896. The van der Waals surface area contributed by atoms with Crippen LogP contribution in [-0.2, 0) is 0 Å². The number of nitrogens with one attached hydrogen (secondary N) is 1. The van der Waals surface area contributed by atoms with Gasteiger partial charge in [-0.15, -0.1) is 0 Å². The first-order valence-electron chi connectivity index (χ1n) is 2.96. The molecule has 0 bridgehead atoms. The molecule has 0 aliphatic carbocycles. The molecule has 1 heterocycles. The van der Waals surface area contributed by atoms with Crippen LogP contribution in [0.2, 0.25) is 0 Å². The van der Waals surface area contributed by atoms with Crippen molar-refractivity contribution in [3.8, 4) is 0 Å². The van der Waals surface area contributed by atoms with Gasteiger partial charge in [0, 0.05) is 6.54 Å². The third-order valence-electron chi connectivity index (χ3n) is 1.62. The van der Waals surface area contributed by atoms with Crippen LogP contribution in [0.5, 0.6) is 0 Å². The highest BCUT2D eigenvalue weighted by Gasteiger charge is 2.33. The minimum absolute atomic E-state index is 0.0614. The van der Waals surface area contributed by atoms with E-state index in [0.717, 1.165) is 4.90 Å². The number of likely N-dealkylation sites (tertiary alicyclic amines) is 1. The van der Waals surface area contributed by atoms with E-state index in [9.17, 15) is 4.79 Å². The Balaban J connectivity index is 2.51. The second-order valence-corrected chi connectivity index (χ2v) is 2.24. The number of hydrogen-bond acceptors (Lipinski definition) is 2. The van der Waals surface area contributed by atoms with E-state index in [0.29, 0.717) is 13.0 Å². The topological polar surface area (TPSA) is 90.4 Å². The molecule has 5 heteroatoms. The third-order valence-corrected chi connectivity index (χ3v) is 1.62. The summed E-state index contributed by atoms with van der Waals surface area (Å²) in [5, 5.41) is 15.4. The highest BCUT2D eigenvalue weighted by Crippen LogP contribution is 2.16. The molecule has 0 aromatic heterocycles. The molecule has 0 radical (unpaired) electrons. The summed E-state index contributed by atoms with van der Waals surface area (Å²) in [5.74, 6) is -0.0614. The van der Waals surface area contributed by atoms with Crippen molar-refractivity contribution in [2.75, 3.05) is 6.54 Å². The Morgan fingerprint density at radius 2 is 2.40 bits per heavy atom. The highest BCUT2D eigenvalue weighted by molar-refractivity contribution is 5.87. The summed E-state index contributed by atoms with van der Waals surface area (Å²) < 4.78 is 0. The molecule has 0 saturated carbocycles. The number of amidine groups is 1. The van der Waals surface area contributed by atoms with E-state index < -0.39 is 6.09 Å². The molecule has 1 fully saturated rings. The van der Waals surface area contributed by atoms with Crippen LogP contribution in [0.4, 0.5) is 4.79 Å². The number of hydrogen-bond donors (Lipinski definition) is 3. The Labute approximate surface area is 57.9 Å². The molecule has 1 rings (SSSR count). The molecular weight excluding hydrogens is 134 g/mol. The van der Waals surface area contributed by atoms with E-state index in [1.807, 2.05) is 0 Å². The van der Waals surface area contributed by atoms with E-state index in [2.05, 4.69) is 0 Å². The van der Waals surface area contributed by atoms with E-state index in [-0.39, 0.29) is 11.9 Å². The summed E-state index contributed by atoms with van der Waals surface area (Å²) in [5.41, 5.74) is 5.10. The van der Waals surface area contributed by atoms with Crippen molar-refractivity contribution in [3.63, 3.8) is 0 Å². The molecule has 4 N–H and O–H groups in total. The monoisotopic (exact) mass is 143 g/mol. The highest BCUT2D eigenvalue weighted by atomic mass is 16.4. The zero-order valence-electron chi connectivity index (χ0n) is 5.37. The molecule has 10 heavy (non-hydrogen) atoms. The second kappa shape index (κ2) is 2.17. The van der Waals surface area contributed by atoms with Gasteiger partial charge in [-0.1, -0.05) is 0 Å². The Hall–Kier alpha value is -1.26. The van der Waals surface area contributed by atoms with Crippen LogP contribution in [-0.4, -0.2) is 34.5 Å². The zero-order chi connectivity index (χ0) is 7.72. The average molecular weight is 143 g/mol. The van der Waals surface area contributed by atoms with Crippen LogP contribution in [0.1, 0.15) is 6.42 Å². The van der Waals surface area contributed by atoms with Gasteiger partial charge in [-0.2, -0.15) is 0 Å². The van der Waals surface area contributed by atoms with Gasteiger partial charge in [-0.05, 0) is 6.42 Å². The molecule has 1 aliphatic rings. The quantitative estimate of drug-likeness (QED) is 0.347. The lowest BCUT2D eigenvalue weighted by Gasteiger charge is -2.37. The van der Waals surface area contributed by atoms with Crippen LogP contribution in [0.15, 0.2) is 0 Å². The van der Waals surface area contributed by atoms with Gasteiger partial charge in [0.2, 0.25) is 0 Å². The molecule has 5 nitrogen and oxygen atoms in total. The standard InChI is InChI=1S/C5H9N3O2/c6-4(7)3-1-2-8(3)5(9)10/h3H,1-2H2,(H3,6,7)(H,9,10)/t3-/m0/s1. The van der Waals surface area contributed by atoms with Crippen molar-refractivity contribution < 1.29 is 9.90 Å². The van der Waals surface area contributed by atoms with Gasteiger partial charge in [0.25, 0.3) is 0 Å². The van der Waals surface area contributed by atoms with Gasteiger partial charge in [0.05, 0.1) is 6.04 Å². The largest absolute Gasteiger partial charge is 0.465 e. The van der Waals surface area contributed by atoms with E-state index in [1.54, 1.807) is 0 Å². The molecule has 1 amide bonds. The summed E-state index contributed by atoms with van der Waals surface area (Å²) in [6.45, 7) is 0.500. The van der Waals surface area contributed by atoms with Crippen molar-refractivity contribution in [3.05, 3.63) is 0 Å². The lowest BCUT2D eigenvalue weighted by atomic mass is 10.0. The molecule has 0 unspecified atom stereocenters. The maximum absolute atomic E-state index is 10.3. The first-order chi connectivity index (χ1) is 4.63. The lowest BCUT2D eigenvalue weighted by molar-refractivity contribution is 0.0998. The molecular formula is C5H9N3O2. The summed E-state index contributed by atoms with van der Waals surface area (Å²) in [7, 11) is 0. The van der Waals surface area contributed by atoms with Gasteiger partial charge >= 0.3 is 6.09 Å². The van der Waals surface area contributed by atoms with Gasteiger partial charge in [-0.25, -0.2) is 4.79 Å². The van der Waals surface area contributed by atoms with Crippen LogP contribution in [0, 0.1) is 5.41 Å². The normalized spacial score (nSPS) is 23.6. The van der Waals surface area contributed by atoms with Crippen molar-refractivity contribution in [2.24, 2.45) is 5.73 Å². The first kappa shape index (κ1) is 6.85. The minimum atomic E-state index is -0.994. The van der Waals surface area contributed by atoms with Crippen molar-refractivity contribution in [2.45, 2.75) is 12.5 Å². The fraction of sp³-hybridized carbons (Fsp3) is 0.600. The molecule has 0 aromatic carbocycles. The minimum Gasteiger partial charge on any atom is -0.465 e. The molecule has 1 saturated heterocycles. The molecule has 1 aliphatic heterocycles. The number of nitrogens with two attached hydrogens (primary N) is 1. The Kier molecular flexibility index (Phi) is 1.48. The molecule has 56 valence electrons. The Bertz CT molecular complexity index is 160. The predicted molar refractivity (Wildman–Crippen MR) is 35.0 cm³/mol. The number of amides is 1. The smallest absolute Gasteiger partial charge is 0.407 e. The molecule has 0 aromatic rings. The fourth-order valence-electron chi connectivity index (χ4n) is 0.940. The van der Waals surface area contributed by atoms with Gasteiger partial charge in [0.1, 0.15) is 5.84 Å². The number of carbonyl (C=O) groups is 1.